The number of esters is 1. The van der Waals surface area contributed by atoms with Crippen LogP contribution in [0.2, 0.25) is 0 Å². The van der Waals surface area contributed by atoms with E-state index in [0.717, 1.165) is 5.56 Å². The summed E-state index contributed by atoms with van der Waals surface area (Å²) in [6, 6.07) is 6.71. The van der Waals surface area contributed by atoms with Crippen LogP contribution in [-0.4, -0.2) is 11.2 Å². The van der Waals surface area contributed by atoms with Gasteiger partial charge < -0.3 is 4.74 Å². The molecule has 0 amide bonds. The van der Waals surface area contributed by atoms with Crippen LogP contribution in [0.1, 0.15) is 12.5 Å². The average Bonchev–Trinajstić information content (AvgIpc) is 2.16. The van der Waals surface area contributed by atoms with Crippen LogP contribution in [0.15, 0.2) is 30.3 Å². The van der Waals surface area contributed by atoms with Crippen LogP contribution in [0.4, 0.5) is 0 Å². The average molecular weight is 225 g/mol. The van der Waals surface area contributed by atoms with Crippen molar-refractivity contribution in [3.63, 3.8) is 0 Å². The zero-order valence-electron chi connectivity index (χ0n) is 8.07. The molecule has 1 aromatic carbocycles. The third-order valence-corrected chi connectivity index (χ3v) is 1.67. The topological polar surface area (TPSA) is 43.4 Å². The number of allylic oxidation sites excluding steroid dienone is 1. The van der Waals surface area contributed by atoms with Crippen molar-refractivity contribution >= 4 is 28.9 Å². The summed E-state index contributed by atoms with van der Waals surface area (Å²) >= 11 is 5.13. The van der Waals surface area contributed by atoms with Gasteiger partial charge in [0.1, 0.15) is 5.75 Å². The first kappa shape index (κ1) is 11.5. The van der Waals surface area contributed by atoms with Gasteiger partial charge in [-0.2, -0.15) is 0 Å². The highest BCUT2D eigenvalue weighted by Gasteiger charge is 1.96. The molecule has 15 heavy (non-hydrogen) atoms. The molecule has 0 N–H and O–H groups in total. The van der Waals surface area contributed by atoms with Crippen molar-refractivity contribution in [2.45, 2.75) is 6.92 Å². The molecule has 1 rings (SSSR count). The molecule has 0 aliphatic rings. The first-order valence-corrected chi connectivity index (χ1v) is 4.62. The van der Waals surface area contributed by atoms with Gasteiger partial charge in [0.15, 0.2) is 0 Å². The van der Waals surface area contributed by atoms with Crippen molar-refractivity contribution in [3.05, 3.63) is 35.9 Å². The predicted octanol–water partition coefficient (Wildman–Crippen LogP) is 2.39. The molecule has 0 unspecified atom stereocenters. The van der Waals surface area contributed by atoms with Crippen LogP contribution in [-0.2, 0) is 9.59 Å². The molecule has 4 heteroatoms. The normalized spacial score (nSPS) is 10.3. The second kappa shape index (κ2) is 5.32. The van der Waals surface area contributed by atoms with Gasteiger partial charge in [-0.25, -0.2) is 0 Å². The Morgan fingerprint density at radius 2 is 1.87 bits per heavy atom. The summed E-state index contributed by atoms with van der Waals surface area (Å²) in [5, 5.41) is -0.529. The first-order chi connectivity index (χ1) is 7.08. The standard InChI is InChI=1S/C11H9ClO3/c1-8(13)15-10-5-2-9(3-6-10)4-7-11(12)14/h2-7H,1H3/b7-4+. The van der Waals surface area contributed by atoms with Crippen molar-refractivity contribution in [2.75, 3.05) is 0 Å². The maximum atomic E-state index is 10.6. The van der Waals surface area contributed by atoms with Gasteiger partial charge in [0.2, 0.25) is 5.24 Å². The molecule has 0 radical (unpaired) electrons. The lowest BCUT2D eigenvalue weighted by Gasteiger charge is -2.00. The van der Waals surface area contributed by atoms with Crippen molar-refractivity contribution < 1.29 is 14.3 Å². The van der Waals surface area contributed by atoms with E-state index in [-0.39, 0.29) is 5.97 Å². The number of benzene rings is 1. The number of halogens is 1. The van der Waals surface area contributed by atoms with Gasteiger partial charge in [0.25, 0.3) is 0 Å². The summed E-state index contributed by atoms with van der Waals surface area (Å²) < 4.78 is 4.84. The Bertz CT molecular complexity index is 393. The quantitative estimate of drug-likeness (QED) is 0.343. The van der Waals surface area contributed by atoms with E-state index in [4.69, 9.17) is 16.3 Å². The van der Waals surface area contributed by atoms with Gasteiger partial charge in [-0.15, -0.1) is 0 Å². The fourth-order valence-electron chi connectivity index (χ4n) is 0.975. The summed E-state index contributed by atoms with van der Waals surface area (Å²) in [5.74, 6) is 0.103. The van der Waals surface area contributed by atoms with E-state index in [2.05, 4.69) is 0 Å². The predicted molar refractivity (Wildman–Crippen MR) is 57.6 cm³/mol. The molecule has 0 fully saturated rings. The van der Waals surface area contributed by atoms with Crippen molar-refractivity contribution in [1.82, 2.24) is 0 Å². The summed E-state index contributed by atoms with van der Waals surface area (Å²) in [5.41, 5.74) is 0.805. The Kier molecular flexibility index (Phi) is 4.06. The highest BCUT2D eigenvalue weighted by Crippen LogP contribution is 2.13. The first-order valence-electron chi connectivity index (χ1n) is 4.24. The van der Waals surface area contributed by atoms with E-state index in [9.17, 15) is 9.59 Å². The molecule has 0 spiro atoms. The minimum atomic E-state index is -0.529. The molecular formula is C11H9ClO3. The molecule has 0 aromatic heterocycles. The Labute approximate surface area is 92.3 Å². The molecule has 0 heterocycles. The fraction of sp³-hybridized carbons (Fsp3) is 0.0909. The lowest BCUT2D eigenvalue weighted by atomic mass is 10.2. The SMILES string of the molecule is CC(=O)Oc1ccc(/C=C/C(=O)Cl)cc1. The Morgan fingerprint density at radius 3 is 2.33 bits per heavy atom. The van der Waals surface area contributed by atoms with Crippen molar-refractivity contribution in [2.24, 2.45) is 0 Å². The minimum Gasteiger partial charge on any atom is -0.427 e. The zero-order chi connectivity index (χ0) is 11.3. The van der Waals surface area contributed by atoms with Gasteiger partial charge in [0, 0.05) is 6.92 Å². The molecule has 0 bridgehead atoms. The summed E-state index contributed by atoms with van der Waals surface area (Å²) in [6.07, 6.45) is 2.83. The maximum absolute atomic E-state index is 10.6. The molecule has 1 aromatic rings. The highest BCUT2D eigenvalue weighted by molar-refractivity contribution is 6.66. The van der Waals surface area contributed by atoms with E-state index < -0.39 is 5.24 Å². The molecule has 78 valence electrons. The van der Waals surface area contributed by atoms with E-state index in [1.807, 2.05) is 0 Å². The second-order valence-corrected chi connectivity index (χ2v) is 3.17. The van der Waals surface area contributed by atoms with Crippen LogP contribution in [0, 0.1) is 0 Å². The van der Waals surface area contributed by atoms with Crippen molar-refractivity contribution in [3.8, 4) is 5.75 Å². The molecule has 0 saturated carbocycles. The summed E-state index contributed by atoms with van der Waals surface area (Å²) in [6.45, 7) is 1.33. The Hall–Kier alpha value is -1.61. The highest BCUT2D eigenvalue weighted by atomic mass is 35.5. The molecular weight excluding hydrogens is 216 g/mol. The summed E-state index contributed by atoms with van der Waals surface area (Å²) in [4.78, 5) is 21.1. The van der Waals surface area contributed by atoms with E-state index in [1.54, 1.807) is 30.3 Å². The number of hydrogen-bond donors (Lipinski definition) is 0. The smallest absolute Gasteiger partial charge is 0.308 e. The number of carbonyl (C=O) groups is 2. The van der Waals surface area contributed by atoms with E-state index >= 15 is 0 Å². The third kappa shape index (κ3) is 4.42. The van der Waals surface area contributed by atoms with Crippen LogP contribution >= 0.6 is 11.6 Å². The molecule has 3 nitrogen and oxygen atoms in total. The van der Waals surface area contributed by atoms with Crippen LogP contribution in [0.3, 0.4) is 0 Å². The third-order valence-electron chi connectivity index (χ3n) is 1.55. The largest absolute Gasteiger partial charge is 0.427 e. The number of carbonyl (C=O) groups excluding carboxylic acids is 2. The van der Waals surface area contributed by atoms with Crippen LogP contribution in [0.25, 0.3) is 6.08 Å². The molecule has 0 saturated heterocycles. The maximum Gasteiger partial charge on any atom is 0.308 e. The minimum absolute atomic E-state index is 0.366. The second-order valence-electron chi connectivity index (χ2n) is 2.80. The Morgan fingerprint density at radius 1 is 1.27 bits per heavy atom. The van der Waals surface area contributed by atoms with Gasteiger partial charge in [0.05, 0.1) is 0 Å². The summed E-state index contributed by atoms with van der Waals surface area (Å²) in [7, 11) is 0. The van der Waals surface area contributed by atoms with Crippen LogP contribution < -0.4 is 4.74 Å². The van der Waals surface area contributed by atoms with E-state index in [1.165, 1.54) is 13.0 Å². The van der Waals surface area contributed by atoms with Crippen LogP contribution in [0.5, 0.6) is 5.75 Å². The Balaban J connectivity index is 2.72. The van der Waals surface area contributed by atoms with Crippen molar-refractivity contribution in [1.29, 1.82) is 0 Å². The van der Waals surface area contributed by atoms with Gasteiger partial charge in [-0.05, 0) is 35.4 Å². The molecule has 0 atom stereocenters. The number of rotatable bonds is 3. The molecule has 0 aliphatic heterocycles. The zero-order valence-corrected chi connectivity index (χ0v) is 8.82. The molecule has 0 aliphatic carbocycles. The lowest BCUT2D eigenvalue weighted by molar-refractivity contribution is -0.131. The van der Waals surface area contributed by atoms with Gasteiger partial charge >= 0.3 is 5.97 Å². The van der Waals surface area contributed by atoms with Gasteiger partial charge in [-0.1, -0.05) is 18.2 Å². The van der Waals surface area contributed by atoms with Gasteiger partial charge in [-0.3, -0.25) is 9.59 Å². The number of ether oxygens (including phenoxy) is 1. The monoisotopic (exact) mass is 224 g/mol. The fourth-order valence-corrected chi connectivity index (χ4v) is 1.04. The van der Waals surface area contributed by atoms with E-state index in [0.29, 0.717) is 5.75 Å². The lowest BCUT2D eigenvalue weighted by Crippen LogP contribution is -2.00. The number of hydrogen-bond acceptors (Lipinski definition) is 3.